The Morgan fingerprint density at radius 3 is 2.65 bits per heavy atom. The van der Waals surface area contributed by atoms with Crippen LogP contribution in [0, 0.1) is 47.3 Å². The molecule has 0 unspecified atom stereocenters. The van der Waals surface area contributed by atoms with Crippen molar-refractivity contribution in [1.29, 1.82) is 0 Å². The summed E-state index contributed by atoms with van der Waals surface area (Å²) in [6, 6.07) is 0. The van der Waals surface area contributed by atoms with Crippen LogP contribution in [-0.4, -0.2) is 21.9 Å². The maximum absolute atomic E-state index is 11.0. The van der Waals surface area contributed by atoms with Crippen LogP contribution in [-0.2, 0) is 0 Å². The molecule has 0 bridgehead atoms. The normalized spacial score (nSPS) is 54.7. The molecule has 23 heavy (non-hydrogen) atoms. The number of fused-ring (bicyclic) bond motifs is 5. The second-order valence-electron chi connectivity index (χ2n) is 8.64. The van der Waals surface area contributed by atoms with Crippen molar-refractivity contribution in [3.05, 3.63) is 12.2 Å². The number of aliphatic hydroxyl groups is 2. The minimum atomic E-state index is -1.04. The van der Waals surface area contributed by atoms with E-state index in [0.717, 1.165) is 43.4 Å². The van der Waals surface area contributed by atoms with Crippen molar-refractivity contribution in [1.82, 2.24) is 0 Å². The minimum absolute atomic E-state index is 0.0657. The first kappa shape index (κ1) is 15.7. The number of rotatable bonds is 1. The number of hydrogen-bond acceptors (Lipinski definition) is 2. The summed E-state index contributed by atoms with van der Waals surface area (Å²) in [5.74, 6) is 6.14. The van der Waals surface area contributed by atoms with E-state index in [-0.39, 0.29) is 11.5 Å². The van der Waals surface area contributed by atoms with Gasteiger partial charge in [-0.1, -0.05) is 18.9 Å². The van der Waals surface area contributed by atoms with Crippen LogP contribution in [0.3, 0.4) is 0 Å². The Balaban J connectivity index is 1.63. The molecule has 0 heterocycles. The van der Waals surface area contributed by atoms with E-state index < -0.39 is 5.60 Å². The lowest BCUT2D eigenvalue weighted by Crippen LogP contribution is -2.55. The van der Waals surface area contributed by atoms with Gasteiger partial charge in [-0.3, -0.25) is 0 Å². The van der Waals surface area contributed by atoms with Crippen LogP contribution in [0.25, 0.3) is 0 Å². The highest BCUT2D eigenvalue weighted by molar-refractivity contribution is 5.35. The third-order valence-corrected chi connectivity index (χ3v) is 8.16. The van der Waals surface area contributed by atoms with Gasteiger partial charge in [0.05, 0.1) is 6.10 Å². The smallest absolute Gasteiger partial charge is 0.149 e. The summed E-state index contributed by atoms with van der Waals surface area (Å²) >= 11 is 0. The van der Waals surface area contributed by atoms with E-state index in [1.54, 1.807) is 0 Å². The van der Waals surface area contributed by atoms with Crippen LogP contribution in [0.5, 0.6) is 0 Å². The molecule has 0 saturated heterocycles. The van der Waals surface area contributed by atoms with Crippen molar-refractivity contribution in [2.45, 2.75) is 70.0 Å². The van der Waals surface area contributed by atoms with Crippen molar-refractivity contribution >= 4 is 0 Å². The highest BCUT2D eigenvalue weighted by atomic mass is 16.3. The van der Waals surface area contributed by atoms with Crippen LogP contribution in [0.1, 0.15) is 58.3 Å². The van der Waals surface area contributed by atoms with Crippen LogP contribution >= 0.6 is 0 Å². The first-order valence-corrected chi connectivity index (χ1v) is 9.62. The van der Waals surface area contributed by atoms with Crippen molar-refractivity contribution in [2.24, 2.45) is 35.0 Å². The predicted octanol–water partition coefficient (Wildman–Crippen LogP) is 3.53. The third-order valence-electron chi connectivity index (χ3n) is 8.16. The largest absolute Gasteiger partial charge is 0.393 e. The van der Waals surface area contributed by atoms with Crippen LogP contribution in [0.2, 0.25) is 0 Å². The van der Waals surface area contributed by atoms with E-state index in [1.807, 2.05) is 6.08 Å². The van der Waals surface area contributed by atoms with Crippen molar-refractivity contribution in [3.63, 3.8) is 0 Å². The number of allylic oxidation sites excluding steroid dienone is 1. The van der Waals surface area contributed by atoms with Crippen LogP contribution in [0.15, 0.2) is 12.2 Å². The maximum Gasteiger partial charge on any atom is 0.149 e. The second-order valence-corrected chi connectivity index (χ2v) is 8.64. The molecule has 3 fully saturated rings. The van der Waals surface area contributed by atoms with Gasteiger partial charge in [-0.15, -0.1) is 6.42 Å². The van der Waals surface area contributed by atoms with Crippen molar-refractivity contribution in [2.75, 3.05) is 0 Å². The summed E-state index contributed by atoms with van der Waals surface area (Å²) < 4.78 is 0. The average molecular weight is 314 g/mol. The van der Waals surface area contributed by atoms with Gasteiger partial charge in [0, 0.05) is 5.41 Å². The molecule has 0 spiro atoms. The van der Waals surface area contributed by atoms with Gasteiger partial charge in [-0.2, -0.15) is 0 Å². The molecule has 8 atom stereocenters. The van der Waals surface area contributed by atoms with Gasteiger partial charge in [-0.25, -0.2) is 0 Å². The molecule has 2 nitrogen and oxygen atoms in total. The van der Waals surface area contributed by atoms with E-state index in [9.17, 15) is 10.2 Å². The van der Waals surface area contributed by atoms with Gasteiger partial charge < -0.3 is 10.2 Å². The summed E-state index contributed by atoms with van der Waals surface area (Å²) in [6.07, 6.45) is 18.8. The average Bonchev–Trinajstić information content (AvgIpc) is 2.88. The maximum atomic E-state index is 11.0. The molecule has 126 valence electrons. The molecule has 2 heteroatoms. The fraction of sp³-hybridized carbons (Fsp3) is 0.810. The summed E-state index contributed by atoms with van der Waals surface area (Å²) in [7, 11) is 0. The first-order chi connectivity index (χ1) is 11.0. The van der Waals surface area contributed by atoms with Gasteiger partial charge in [0.15, 0.2) is 0 Å². The molecule has 2 N–H and O–H groups in total. The number of hydrogen-bond donors (Lipinski definition) is 2. The Hall–Kier alpha value is -0.780. The fourth-order valence-electron chi connectivity index (χ4n) is 7.03. The lowest BCUT2D eigenvalue weighted by Gasteiger charge is -2.57. The molecule has 3 saturated carbocycles. The molecule has 0 amide bonds. The van der Waals surface area contributed by atoms with Gasteiger partial charge in [0.25, 0.3) is 0 Å². The molecule has 0 aromatic rings. The SMILES string of the molecule is C#C[C@]1(O)C=C[C@H]2[C@@H]3CC[C@H]4C[C@@H](O)CC[C@@H]4[C@H]3CC[C@@]21CC. The molecular formula is C21H30O2. The third kappa shape index (κ3) is 2.02. The minimum Gasteiger partial charge on any atom is -0.393 e. The zero-order valence-corrected chi connectivity index (χ0v) is 14.2. The van der Waals surface area contributed by atoms with Crippen molar-refractivity contribution in [3.8, 4) is 12.3 Å². The highest BCUT2D eigenvalue weighted by Crippen LogP contribution is 2.64. The van der Waals surface area contributed by atoms with E-state index in [1.165, 1.54) is 25.7 Å². The Morgan fingerprint density at radius 1 is 1.13 bits per heavy atom. The number of terminal acetylenes is 1. The van der Waals surface area contributed by atoms with E-state index in [4.69, 9.17) is 6.42 Å². The highest BCUT2D eigenvalue weighted by Gasteiger charge is 2.61. The van der Waals surface area contributed by atoms with Crippen molar-refractivity contribution < 1.29 is 10.2 Å². The van der Waals surface area contributed by atoms with Gasteiger partial charge in [0.2, 0.25) is 0 Å². The van der Waals surface area contributed by atoms with E-state index >= 15 is 0 Å². The molecule has 0 aromatic carbocycles. The Morgan fingerprint density at radius 2 is 1.91 bits per heavy atom. The Bertz CT molecular complexity index is 547. The molecule has 0 radical (unpaired) electrons. The van der Waals surface area contributed by atoms with Crippen LogP contribution < -0.4 is 0 Å². The standard InChI is InChI=1S/C21H30O2/c1-3-20-11-9-17-16-8-6-15(22)13-14(16)5-7-18(17)19(20)10-12-21(20,23)4-2/h2,10,12,14-19,22-23H,3,5-9,11,13H2,1H3/t14-,15-,16-,17+,18+,19-,20-,21-/m0/s1. The van der Waals surface area contributed by atoms with Gasteiger partial charge >= 0.3 is 0 Å². The summed E-state index contributed by atoms with van der Waals surface area (Å²) in [6.45, 7) is 2.20. The molecule has 0 aromatic heterocycles. The summed E-state index contributed by atoms with van der Waals surface area (Å²) in [5.41, 5.74) is -1.18. The molecule has 4 rings (SSSR count). The van der Waals surface area contributed by atoms with E-state index in [2.05, 4.69) is 18.9 Å². The zero-order valence-electron chi connectivity index (χ0n) is 14.2. The lowest BCUT2D eigenvalue weighted by atomic mass is 9.48. The summed E-state index contributed by atoms with van der Waals surface area (Å²) in [4.78, 5) is 0. The molecule has 4 aliphatic rings. The fourth-order valence-corrected chi connectivity index (χ4v) is 7.03. The molecular weight excluding hydrogens is 284 g/mol. The summed E-state index contributed by atoms with van der Waals surface area (Å²) in [5, 5.41) is 21.1. The quantitative estimate of drug-likeness (QED) is 0.574. The van der Waals surface area contributed by atoms with E-state index in [0.29, 0.717) is 11.8 Å². The molecule has 4 aliphatic carbocycles. The Labute approximate surface area is 140 Å². The first-order valence-electron chi connectivity index (χ1n) is 9.62. The lowest BCUT2D eigenvalue weighted by molar-refractivity contribution is -0.112. The molecule has 0 aliphatic heterocycles. The predicted molar refractivity (Wildman–Crippen MR) is 91.4 cm³/mol. The topological polar surface area (TPSA) is 40.5 Å². The zero-order chi connectivity index (χ0) is 16.2. The Kier molecular flexibility index (Phi) is 3.67. The monoisotopic (exact) mass is 314 g/mol. The van der Waals surface area contributed by atoms with Gasteiger partial charge in [-0.05, 0) is 87.0 Å². The second kappa shape index (κ2) is 5.36. The van der Waals surface area contributed by atoms with Crippen LogP contribution in [0.4, 0.5) is 0 Å². The van der Waals surface area contributed by atoms with Gasteiger partial charge in [0.1, 0.15) is 5.60 Å². The number of aliphatic hydroxyl groups excluding tert-OH is 1.